The van der Waals surface area contributed by atoms with Crippen LogP contribution in [-0.2, 0) is 0 Å². The predicted molar refractivity (Wildman–Crippen MR) is 81.1 cm³/mol. The smallest absolute Gasteiger partial charge is 0.00989 e. The van der Waals surface area contributed by atoms with E-state index in [1.165, 1.54) is 57.8 Å². The van der Waals surface area contributed by atoms with Crippen molar-refractivity contribution in [2.75, 3.05) is 6.54 Å². The molecule has 0 aromatic rings. The molecule has 0 spiro atoms. The molecule has 0 radical (unpaired) electrons. The van der Waals surface area contributed by atoms with Gasteiger partial charge in [-0.1, -0.05) is 57.3 Å². The first kappa shape index (κ1) is 17.1. The lowest BCUT2D eigenvalue weighted by molar-refractivity contribution is 0.586. The van der Waals surface area contributed by atoms with Crippen LogP contribution in [0, 0.1) is 23.7 Å². The molecule has 0 heterocycles. The minimum atomic E-state index is 0.842. The maximum atomic E-state index is 5.45. The second kappa shape index (κ2) is 16.1. The lowest BCUT2D eigenvalue weighted by atomic mass is 10.1. The third kappa shape index (κ3) is 15.1. The van der Waals surface area contributed by atoms with Crippen molar-refractivity contribution in [2.24, 2.45) is 5.73 Å². The van der Waals surface area contributed by atoms with E-state index >= 15 is 0 Å². The summed E-state index contributed by atoms with van der Waals surface area (Å²) in [6.07, 6.45) is 13.4. The molecule has 0 bridgehead atoms. The quantitative estimate of drug-likeness (QED) is 0.453. The van der Waals surface area contributed by atoms with Crippen LogP contribution in [0.3, 0.4) is 0 Å². The third-order valence-electron chi connectivity index (χ3n) is 2.90. The molecule has 0 atom stereocenters. The summed E-state index contributed by atoms with van der Waals surface area (Å²) < 4.78 is 0. The highest BCUT2D eigenvalue weighted by Crippen LogP contribution is 2.07. The van der Waals surface area contributed by atoms with Crippen LogP contribution < -0.4 is 5.73 Å². The van der Waals surface area contributed by atoms with E-state index in [2.05, 4.69) is 30.6 Å². The maximum Gasteiger partial charge on any atom is 0.00989 e. The van der Waals surface area contributed by atoms with Gasteiger partial charge in [0.1, 0.15) is 0 Å². The van der Waals surface area contributed by atoms with Crippen molar-refractivity contribution in [1.29, 1.82) is 0 Å². The topological polar surface area (TPSA) is 26.0 Å². The van der Waals surface area contributed by atoms with Gasteiger partial charge in [0.25, 0.3) is 0 Å². The van der Waals surface area contributed by atoms with E-state index in [1.807, 2.05) is 0 Å². The zero-order valence-corrected chi connectivity index (χ0v) is 12.1. The molecule has 2 N–H and O–H groups in total. The Hall–Kier alpha value is -0.920. The van der Waals surface area contributed by atoms with Gasteiger partial charge in [0.15, 0.2) is 0 Å². The van der Waals surface area contributed by atoms with Crippen molar-refractivity contribution in [3.05, 3.63) is 0 Å². The minimum Gasteiger partial charge on any atom is -0.330 e. The normalized spacial score (nSPS) is 9.22. The lowest BCUT2D eigenvalue weighted by Crippen LogP contribution is -1.97. The molecule has 0 saturated heterocycles. The standard InChI is InChI=1S/C17H29N/c1-2-3-4-5-6-7-8-9-10-11-12-13-14-15-16-17-18/h2-4,9-18H2,1H3. The van der Waals surface area contributed by atoms with Gasteiger partial charge in [-0.25, -0.2) is 0 Å². The molecule has 0 unspecified atom stereocenters. The molecule has 0 rings (SSSR count). The van der Waals surface area contributed by atoms with Crippen molar-refractivity contribution >= 4 is 0 Å². The fraction of sp³-hybridized carbons (Fsp3) is 0.765. The largest absolute Gasteiger partial charge is 0.330 e. The number of rotatable bonds is 10. The molecule has 0 aromatic carbocycles. The average molecular weight is 247 g/mol. The number of unbranched alkanes of at least 4 members (excludes halogenated alkanes) is 9. The van der Waals surface area contributed by atoms with Crippen LogP contribution in [0.1, 0.15) is 77.6 Å². The molecule has 102 valence electrons. The Kier molecular flexibility index (Phi) is 15.3. The SMILES string of the molecule is CCCCC#CC#CCCCCCCCCCN. The molecule has 0 aliphatic heterocycles. The van der Waals surface area contributed by atoms with Crippen LogP contribution in [0.15, 0.2) is 0 Å². The van der Waals surface area contributed by atoms with Gasteiger partial charge in [0.05, 0.1) is 0 Å². The molecule has 0 saturated carbocycles. The van der Waals surface area contributed by atoms with Crippen molar-refractivity contribution in [3.8, 4) is 23.7 Å². The summed E-state index contributed by atoms with van der Waals surface area (Å²) in [5.41, 5.74) is 5.45. The van der Waals surface area contributed by atoms with Crippen LogP contribution in [0.5, 0.6) is 0 Å². The van der Waals surface area contributed by atoms with Crippen LogP contribution in [0.2, 0.25) is 0 Å². The van der Waals surface area contributed by atoms with E-state index < -0.39 is 0 Å². The first-order valence-electron chi connectivity index (χ1n) is 7.57. The van der Waals surface area contributed by atoms with Gasteiger partial charge < -0.3 is 5.73 Å². The lowest BCUT2D eigenvalue weighted by Gasteiger charge is -1.98. The average Bonchev–Trinajstić information content (AvgIpc) is 2.39. The third-order valence-corrected chi connectivity index (χ3v) is 2.90. The van der Waals surface area contributed by atoms with Gasteiger partial charge in [0.2, 0.25) is 0 Å². The molecule has 1 heteroatoms. The summed E-state index contributed by atoms with van der Waals surface area (Å²) in [6.45, 7) is 3.03. The number of hydrogen-bond donors (Lipinski definition) is 1. The Morgan fingerprint density at radius 3 is 1.72 bits per heavy atom. The highest BCUT2D eigenvalue weighted by Gasteiger charge is 1.89. The van der Waals surface area contributed by atoms with Crippen molar-refractivity contribution in [1.82, 2.24) is 0 Å². The zero-order chi connectivity index (χ0) is 13.3. The van der Waals surface area contributed by atoms with Gasteiger partial charge in [-0.05, 0) is 37.6 Å². The van der Waals surface area contributed by atoms with E-state index in [4.69, 9.17) is 5.73 Å². The Bertz CT molecular complexity index is 271. The molecule has 1 nitrogen and oxygen atoms in total. The highest BCUT2D eigenvalue weighted by atomic mass is 14.5. The molecule has 0 aromatic heterocycles. The first-order valence-corrected chi connectivity index (χ1v) is 7.57. The van der Waals surface area contributed by atoms with Crippen LogP contribution in [0.25, 0.3) is 0 Å². The fourth-order valence-corrected chi connectivity index (χ4v) is 1.72. The Balaban J connectivity index is 3.19. The molecule has 18 heavy (non-hydrogen) atoms. The Labute approximate surface area is 114 Å². The minimum absolute atomic E-state index is 0.842. The van der Waals surface area contributed by atoms with Gasteiger partial charge >= 0.3 is 0 Å². The summed E-state index contributed by atoms with van der Waals surface area (Å²) in [5, 5.41) is 0. The van der Waals surface area contributed by atoms with Crippen molar-refractivity contribution in [2.45, 2.75) is 77.6 Å². The van der Waals surface area contributed by atoms with Crippen LogP contribution in [0.4, 0.5) is 0 Å². The predicted octanol–water partition coefficient (Wildman–Crippen LogP) is 4.26. The van der Waals surface area contributed by atoms with E-state index in [0.717, 1.165) is 19.4 Å². The van der Waals surface area contributed by atoms with E-state index in [0.29, 0.717) is 0 Å². The molecule has 0 fully saturated rings. The fourth-order valence-electron chi connectivity index (χ4n) is 1.72. The second-order valence-electron chi connectivity index (χ2n) is 4.72. The van der Waals surface area contributed by atoms with Crippen molar-refractivity contribution in [3.63, 3.8) is 0 Å². The van der Waals surface area contributed by atoms with Gasteiger partial charge in [0, 0.05) is 12.8 Å². The Morgan fingerprint density at radius 1 is 0.667 bits per heavy atom. The highest BCUT2D eigenvalue weighted by molar-refractivity contribution is 5.25. The first-order chi connectivity index (χ1) is 8.91. The van der Waals surface area contributed by atoms with Gasteiger partial charge in [-0.15, -0.1) is 0 Å². The van der Waals surface area contributed by atoms with Crippen LogP contribution >= 0.6 is 0 Å². The molecule has 0 aliphatic carbocycles. The molecule has 0 amide bonds. The summed E-state index contributed by atoms with van der Waals surface area (Å²) in [6, 6.07) is 0. The zero-order valence-electron chi connectivity index (χ0n) is 12.1. The number of hydrogen-bond acceptors (Lipinski definition) is 1. The van der Waals surface area contributed by atoms with E-state index in [1.54, 1.807) is 0 Å². The summed E-state index contributed by atoms with van der Waals surface area (Å²) in [4.78, 5) is 0. The molecular weight excluding hydrogens is 218 g/mol. The van der Waals surface area contributed by atoms with E-state index in [-0.39, 0.29) is 0 Å². The Morgan fingerprint density at radius 2 is 1.17 bits per heavy atom. The van der Waals surface area contributed by atoms with Crippen molar-refractivity contribution < 1.29 is 0 Å². The molecule has 0 aliphatic rings. The summed E-state index contributed by atoms with van der Waals surface area (Å²) >= 11 is 0. The number of nitrogens with two attached hydrogens (primary N) is 1. The van der Waals surface area contributed by atoms with E-state index in [9.17, 15) is 0 Å². The second-order valence-corrected chi connectivity index (χ2v) is 4.72. The van der Waals surface area contributed by atoms with Gasteiger partial charge in [-0.3, -0.25) is 0 Å². The maximum absolute atomic E-state index is 5.45. The molecular formula is C17H29N. The summed E-state index contributed by atoms with van der Waals surface area (Å²) in [5.74, 6) is 12.1. The van der Waals surface area contributed by atoms with Gasteiger partial charge in [-0.2, -0.15) is 0 Å². The summed E-state index contributed by atoms with van der Waals surface area (Å²) in [7, 11) is 0. The monoisotopic (exact) mass is 247 g/mol. The van der Waals surface area contributed by atoms with Crippen LogP contribution in [-0.4, -0.2) is 6.54 Å².